The Bertz CT molecular complexity index is 303. The molecule has 1 aromatic heterocycles. The first-order valence-electron chi connectivity index (χ1n) is 5.35. The fourth-order valence-electron chi connectivity index (χ4n) is 1.21. The number of nitrogens with zero attached hydrogens (tertiary/aromatic N) is 3. The molecule has 1 aromatic rings. The summed E-state index contributed by atoms with van der Waals surface area (Å²) in [4.78, 5) is 6.38. The van der Waals surface area contributed by atoms with Gasteiger partial charge in [0.2, 0.25) is 5.89 Å². The van der Waals surface area contributed by atoms with Crippen molar-refractivity contribution in [3.63, 3.8) is 0 Å². The van der Waals surface area contributed by atoms with Crippen LogP contribution in [0.25, 0.3) is 0 Å². The fourth-order valence-corrected chi connectivity index (χ4v) is 1.70. The van der Waals surface area contributed by atoms with E-state index in [1.807, 2.05) is 14.1 Å². The number of likely N-dealkylation sites (N-methyl/N-ethyl adjacent to an activating group) is 1. The van der Waals surface area contributed by atoms with Crippen LogP contribution in [-0.2, 0) is 6.42 Å². The summed E-state index contributed by atoms with van der Waals surface area (Å²) in [7, 11) is 4.04. The molecule has 0 aliphatic rings. The van der Waals surface area contributed by atoms with E-state index in [1.54, 1.807) is 11.8 Å². The van der Waals surface area contributed by atoms with Crippen LogP contribution in [0.3, 0.4) is 0 Å². The van der Waals surface area contributed by atoms with E-state index in [4.69, 9.17) is 10.3 Å². The number of thioether (sulfide) groups is 1. The van der Waals surface area contributed by atoms with Gasteiger partial charge >= 0.3 is 0 Å². The first-order valence-corrected chi connectivity index (χ1v) is 6.74. The lowest BCUT2D eigenvalue weighted by Crippen LogP contribution is -2.16. The van der Waals surface area contributed by atoms with Crippen LogP contribution in [0.1, 0.15) is 24.2 Å². The molecule has 16 heavy (non-hydrogen) atoms. The average molecular weight is 244 g/mol. The van der Waals surface area contributed by atoms with Gasteiger partial charge in [0.1, 0.15) is 0 Å². The van der Waals surface area contributed by atoms with Gasteiger partial charge in [-0.25, -0.2) is 0 Å². The molecule has 0 aliphatic carbocycles. The van der Waals surface area contributed by atoms with Crippen LogP contribution < -0.4 is 5.73 Å². The maximum atomic E-state index is 5.93. The molecule has 6 heteroatoms. The number of aromatic nitrogens is 2. The molecule has 92 valence electrons. The van der Waals surface area contributed by atoms with Gasteiger partial charge < -0.3 is 15.2 Å². The third-order valence-corrected chi connectivity index (χ3v) is 2.86. The van der Waals surface area contributed by atoms with Crippen molar-refractivity contribution in [1.29, 1.82) is 0 Å². The highest BCUT2D eigenvalue weighted by Gasteiger charge is 2.14. The second kappa shape index (κ2) is 6.88. The topological polar surface area (TPSA) is 68.2 Å². The van der Waals surface area contributed by atoms with E-state index in [-0.39, 0.29) is 6.04 Å². The summed E-state index contributed by atoms with van der Waals surface area (Å²) in [6.07, 6.45) is 3.73. The van der Waals surface area contributed by atoms with Crippen molar-refractivity contribution < 1.29 is 4.52 Å². The molecule has 0 aromatic carbocycles. The molecule has 0 unspecified atom stereocenters. The van der Waals surface area contributed by atoms with E-state index in [0.29, 0.717) is 5.89 Å². The van der Waals surface area contributed by atoms with Crippen molar-refractivity contribution in [2.75, 3.05) is 32.6 Å². The van der Waals surface area contributed by atoms with Crippen molar-refractivity contribution in [1.82, 2.24) is 15.0 Å². The van der Waals surface area contributed by atoms with E-state index in [1.165, 1.54) is 0 Å². The highest BCUT2D eigenvalue weighted by molar-refractivity contribution is 7.98. The first kappa shape index (κ1) is 13.5. The summed E-state index contributed by atoms with van der Waals surface area (Å²) >= 11 is 1.77. The van der Waals surface area contributed by atoms with E-state index < -0.39 is 0 Å². The molecule has 1 rings (SSSR count). The smallest absolute Gasteiger partial charge is 0.243 e. The van der Waals surface area contributed by atoms with Crippen molar-refractivity contribution in [3.8, 4) is 0 Å². The minimum absolute atomic E-state index is 0.131. The molecule has 0 radical (unpaired) electrons. The van der Waals surface area contributed by atoms with Gasteiger partial charge in [0.05, 0.1) is 6.04 Å². The van der Waals surface area contributed by atoms with E-state index in [9.17, 15) is 0 Å². The second-order valence-corrected chi connectivity index (χ2v) is 4.98. The zero-order valence-electron chi connectivity index (χ0n) is 10.1. The quantitative estimate of drug-likeness (QED) is 0.769. The zero-order valence-corrected chi connectivity index (χ0v) is 11.0. The lowest BCUT2D eigenvalue weighted by molar-refractivity contribution is 0.345. The van der Waals surface area contributed by atoms with Gasteiger partial charge in [-0.15, -0.1) is 0 Å². The molecular weight excluding hydrogens is 224 g/mol. The Morgan fingerprint density at radius 3 is 2.88 bits per heavy atom. The van der Waals surface area contributed by atoms with Crippen molar-refractivity contribution >= 4 is 11.8 Å². The number of rotatable bonds is 7. The van der Waals surface area contributed by atoms with Crippen LogP contribution in [0.5, 0.6) is 0 Å². The predicted octanol–water partition coefficient (Wildman–Crippen LogP) is 0.927. The molecule has 2 N–H and O–H groups in total. The SMILES string of the molecule is CSCC[C@@H](N)c1nc(CCN(C)C)no1. The van der Waals surface area contributed by atoms with Gasteiger partial charge in [-0.2, -0.15) is 16.7 Å². The molecule has 5 nitrogen and oxygen atoms in total. The van der Waals surface area contributed by atoms with Gasteiger partial charge in [0, 0.05) is 13.0 Å². The molecular formula is C10H20N4OS. The van der Waals surface area contributed by atoms with Crippen LogP contribution in [0, 0.1) is 0 Å². The molecule has 0 amide bonds. The lowest BCUT2D eigenvalue weighted by atomic mass is 10.2. The Balaban J connectivity index is 2.43. The number of hydrogen-bond acceptors (Lipinski definition) is 6. The minimum Gasteiger partial charge on any atom is -0.338 e. The molecule has 1 atom stereocenters. The van der Waals surface area contributed by atoms with Gasteiger partial charge in [-0.1, -0.05) is 5.16 Å². The Kier molecular flexibility index (Phi) is 5.79. The Hall–Kier alpha value is -0.590. The van der Waals surface area contributed by atoms with Crippen LogP contribution in [0.15, 0.2) is 4.52 Å². The molecule has 1 heterocycles. The first-order chi connectivity index (χ1) is 7.63. The normalized spacial score (nSPS) is 13.3. The predicted molar refractivity (Wildman–Crippen MR) is 66.5 cm³/mol. The van der Waals surface area contributed by atoms with Gasteiger partial charge in [-0.05, 0) is 32.5 Å². The summed E-state index contributed by atoms with van der Waals surface area (Å²) in [5.41, 5.74) is 5.93. The van der Waals surface area contributed by atoms with Crippen LogP contribution >= 0.6 is 11.8 Å². The van der Waals surface area contributed by atoms with Crippen LogP contribution in [-0.4, -0.2) is 47.7 Å². The lowest BCUT2D eigenvalue weighted by Gasteiger charge is -2.05. The van der Waals surface area contributed by atoms with Crippen molar-refractivity contribution in [3.05, 3.63) is 11.7 Å². The van der Waals surface area contributed by atoms with E-state index >= 15 is 0 Å². The molecule has 0 saturated carbocycles. The Morgan fingerprint density at radius 1 is 1.50 bits per heavy atom. The Labute approximate surface area is 101 Å². The molecule has 0 spiro atoms. The second-order valence-electron chi connectivity index (χ2n) is 3.99. The van der Waals surface area contributed by atoms with Crippen LogP contribution in [0.2, 0.25) is 0 Å². The molecule has 0 aliphatic heterocycles. The maximum absolute atomic E-state index is 5.93. The maximum Gasteiger partial charge on any atom is 0.243 e. The largest absolute Gasteiger partial charge is 0.338 e. The highest BCUT2D eigenvalue weighted by Crippen LogP contribution is 2.14. The number of hydrogen-bond donors (Lipinski definition) is 1. The summed E-state index contributed by atoms with van der Waals surface area (Å²) < 4.78 is 5.14. The Morgan fingerprint density at radius 2 is 2.25 bits per heavy atom. The van der Waals surface area contributed by atoms with Gasteiger partial charge in [-0.3, -0.25) is 0 Å². The molecule has 0 saturated heterocycles. The zero-order chi connectivity index (χ0) is 12.0. The van der Waals surface area contributed by atoms with Gasteiger partial charge in [0.15, 0.2) is 5.82 Å². The average Bonchev–Trinajstić information content (AvgIpc) is 2.71. The van der Waals surface area contributed by atoms with E-state index in [2.05, 4.69) is 21.3 Å². The third-order valence-electron chi connectivity index (χ3n) is 2.22. The molecule has 0 bridgehead atoms. The fraction of sp³-hybridized carbons (Fsp3) is 0.800. The summed E-state index contributed by atoms with van der Waals surface area (Å²) in [6.45, 7) is 0.916. The van der Waals surface area contributed by atoms with Gasteiger partial charge in [0.25, 0.3) is 0 Å². The van der Waals surface area contributed by atoms with Crippen LogP contribution in [0.4, 0.5) is 0 Å². The van der Waals surface area contributed by atoms with Crippen molar-refractivity contribution in [2.24, 2.45) is 5.73 Å². The van der Waals surface area contributed by atoms with Crippen molar-refractivity contribution in [2.45, 2.75) is 18.9 Å². The highest BCUT2D eigenvalue weighted by atomic mass is 32.2. The summed E-state index contributed by atoms with van der Waals surface area (Å²) in [5, 5.41) is 3.92. The molecule has 0 fully saturated rings. The standard InChI is InChI=1S/C10H20N4OS/c1-14(2)6-4-9-12-10(15-13-9)8(11)5-7-16-3/h8H,4-7,11H2,1-3H3/t8-/m1/s1. The minimum atomic E-state index is -0.131. The monoisotopic (exact) mass is 244 g/mol. The van der Waals surface area contributed by atoms with E-state index in [0.717, 1.165) is 31.0 Å². The summed E-state index contributed by atoms with van der Waals surface area (Å²) in [5.74, 6) is 2.31. The third kappa shape index (κ3) is 4.51. The number of nitrogens with two attached hydrogens (primary N) is 1. The summed E-state index contributed by atoms with van der Waals surface area (Å²) in [6, 6.07) is -0.131.